The number of carbonyl (C=O) groups excluding carboxylic acids is 1. The number of H-pyrrole nitrogens is 1. The molecule has 5 heteroatoms. The first-order valence-corrected chi connectivity index (χ1v) is 9.00. The quantitative estimate of drug-likeness (QED) is 0.518. The van der Waals surface area contributed by atoms with Crippen LogP contribution in [-0.4, -0.2) is 30.5 Å². The normalized spacial score (nSPS) is 11.0. The van der Waals surface area contributed by atoms with E-state index in [1.807, 2.05) is 30.5 Å². The summed E-state index contributed by atoms with van der Waals surface area (Å²) in [4.78, 5) is 15.1. The van der Waals surface area contributed by atoms with Gasteiger partial charge in [-0.15, -0.1) is 0 Å². The Hall–Kier alpha value is -2.66. The second-order valence-corrected chi connectivity index (χ2v) is 6.30. The molecular formula is C21H24FN3O. The SMILES string of the molecule is O=C(CCNCCc1ccccc1F)NCCc1c[nH]c2ccccc12. The Kier molecular flexibility index (Phi) is 6.39. The highest BCUT2D eigenvalue weighted by Crippen LogP contribution is 2.17. The van der Waals surface area contributed by atoms with Crippen molar-refractivity contribution in [3.8, 4) is 0 Å². The van der Waals surface area contributed by atoms with Gasteiger partial charge in [-0.3, -0.25) is 4.79 Å². The summed E-state index contributed by atoms with van der Waals surface area (Å²) in [5.41, 5.74) is 3.03. The smallest absolute Gasteiger partial charge is 0.221 e. The Morgan fingerprint density at radius 3 is 2.58 bits per heavy atom. The number of aromatic nitrogens is 1. The predicted octanol–water partition coefficient (Wildman–Crippen LogP) is 3.19. The van der Waals surface area contributed by atoms with Gasteiger partial charge in [0.25, 0.3) is 0 Å². The molecule has 1 amide bonds. The van der Waals surface area contributed by atoms with Gasteiger partial charge in [0.2, 0.25) is 5.91 Å². The van der Waals surface area contributed by atoms with Crippen LogP contribution >= 0.6 is 0 Å². The van der Waals surface area contributed by atoms with Gasteiger partial charge in [-0.2, -0.15) is 0 Å². The van der Waals surface area contributed by atoms with Crippen LogP contribution in [0.4, 0.5) is 4.39 Å². The van der Waals surface area contributed by atoms with Gasteiger partial charge in [0.15, 0.2) is 0 Å². The first kappa shape index (κ1) is 18.1. The van der Waals surface area contributed by atoms with Gasteiger partial charge in [-0.05, 0) is 42.6 Å². The molecule has 0 aliphatic heterocycles. The zero-order valence-electron chi connectivity index (χ0n) is 14.7. The molecule has 0 saturated carbocycles. The lowest BCUT2D eigenvalue weighted by atomic mass is 10.1. The Morgan fingerprint density at radius 2 is 1.69 bits per heavy atom. The fraction of sp³-hybridized carbons (Fsp3) is 0.286. The number of hydrogen-bond donors (Lipinski definition) is 3. The summed E-state index contributed by atoms with van der Waals surface area (Å²) >= 11 is 0. The maximum atomic E-state index is 13.5. The van der Waals surface area contributed by atoms with Crippen LogP contribution in [0, 0.1) is 5.82 Å². The van der Waals surface area contributed by atoms with Gasteiger partial charge in [0.05, 0.1) is 0 Å². The average Bonchev–Trinajstić information content (AvgIpc) is 3.06. The van der Waals surface area contributed by atoms with Gasteiger partial charge in [-0.25, -0.2) is 4.39 Å². The molecular weight excluding hydrogens is 329 g/mol. The summed E-state index contributed by atoms with van der Waals surface area (Å²) in [5.74, 6) is -0.146. The maximum Gasteiger partial charge on any atom is 0.221 e. The minimum Gasteiger partial charge on any atom is -0.361 e. The van der Waals surface area contributed by atoms with E-state index in [0.29, 0.717) is 38.0 Å². The predicted molar refractivity (Wildman–Crippen MR) is 103 cm³/mol. The van der Waals surface area contributed by atoms with Crippen molar-refractivity contribution in [1.29, 1.82) is 0 Å². The van der Waals surface area contributed by atoms with Crippen LogP contribution in [0.2, 0.25) is 0 Å². The molecule has 136 valence electrons. The molecule has 1 aromatic heterocycles. The summed E-state index contributed by atoms with van der Waals surface area (Å²) in [6, 6.07) is 14.9. The number of rotatable bonds is 9. The van der Waals surface area contributed by atoms with E-state index in [2.05, 4.69) is 21.7 Å². The van der Waals surface area contributed by atoms with Crippen LogP contribution in [0.3, 0.4) is 0 Å². The number of nitrogens with one attached hydrogen (secondary N) is 3. The molecule has 0 atom stereocenters. The molecule has 3 rings (SSSR count). The summed E-state index contributed by atoms with van der Waals surface area (Å²) in [7, 11) is 0. The van der Waals surface area contributed by atoms with E-state index in [1.54, 1.807) is 12.1 Å². The number of halogens is 1. The molecule has 3 N–H and O–H groups in total. The van der Waals surface area contributed by atoms with Gasteiger partial charge >= 0.3 is 0 Å². The van der Waals surface area contributed by atoms with Crippen molar-refractivity contribution in [3.63, 3.8) is 0 Å². The monoisotopic (exact) mass is 353 g/mol. The van der Waals surface area contributed by atoms with E-state index < -0.39 is 0 Å². The lowest BCUT2D eigenvalue weighted by Gasteiger charge is -2.07. The largest absolute Gasteiger partial charge is 0.361 e. The number of aromatic amines is 1. The second kappa shape index (κ2) is 9.15. The Morgan fingerprint density at radius 1 is 0.923 bits per heavy atom. The van der Waals surface area contributed by atoms with Crippen molar-refractivity contribution in [2.75, 3.05) is 19.6 Å². The second-order valence-electron chi connectivity index (χ2n) is 6.30. The summed E-state index contributed by atoms with van der Waals surface area (Å²) in [6.07, 6.45) is 3.84. The highest BCUT2D eigenvalue weighted by atomic mass is 19.1. The summed E-state index contributed by atoms with van der Waals surface area (Å²) in [6.45, 7) is 1.87. The van der Waals surface area contributed by atoms with Crippen LogP contribution in [-0.2, 0) is 17.6 Å². The number of para-hydroxylation sites is 1. The molecule has 0 saturated heterocycles. The molecule has 0 fully saturated rings. The van der Waals surface area contributed by atoms with Crippen molar-refractivity contribution < 1.29 is 9.18 Å². The molecule has 1 heterocycles. The Labute approximate surface area is 152 Å². The first-order valence-electron chi connectivity index (χ1n) is 9.00. The molecule has 0 bridgehead atoms. The van der Waals surface area contributed by atoms with Gasteiger partial charge < -0.3 is 15.6 Å². The van der Waals surface area contributed by atoms with Crippen LogP contribution in [0.5, 0.6) is 0 Å². The van der Waals surface area contributed by atoms with Gasteiger partial charge in [0.1, 0.15) is 5.82 Å². The molecule has 26 heavy (non-hydrogen) atoms. The van der Waals surface area contributed by atoms with E-state index in [9.17, 15) is 9.18 Å². The van der Waals surface area contributed by atoms with Crippen molar-refractivity contribution in [3.05, 3.63) is 71.7 Å². The number of carbonyl (C=O) groups is 1. The maximum absolute atomic E-state index is 13.5. The molecule has 2 aromatic carbocycles. The van der Waals surface area contributed by atoms with E-state index in [1.165, 1.54) is 17.0 Å². The lowest BCUT2D eigenvalue weighted by Crippen LogP contribution is -2.29. The summed E-state index contributed by atoms with van der Waals surface area (Å²) < 4.78 is 13.5. The highest BCUT2D eigenvalue weighted by Gasteiger charge is 2.05. The van der Waals surface area contributed by atoms with E-state index in [0.717, 1.165) is 11.9 Å². The first-order chi connectivity index (χ1) is 12.7. The number of fused-ring (bicyclic) bond motifs is 1. The number of hydrogen-bond acceptors (Lipinski definition) is 2. The van der Waals surface area contributed by atoms with E-state index in [4.69, 9.17) is 0 Å². The van der Waals surface area contributed by atoms with E-state index >= 15 is 0 Å². The molecule has 0 radical (unpaired) electrons. The molecule has 4 nitrogen and oxygen atoms in total. The zero-order valence-corrected chi connectivity index (χ0v) is 14.7. The number of benzene rings is 2. The third-order valence-electron chi connectivity index (χ3n) is 4.45. The molecule has 0 spiro atoms. The Bertz CT molecular complexity index is 859. The highest BCUT2D eigenvalue weighted by molar-refractivity contribution is 5.83. The van der Waals surface area contributed by atoms with Crippen LogP contribution in [0.1, 0.15) is 17.5 Å². The van der Waals surface area contributed by atoms with Gasteiger partial charge in [0, 0.05) is 36.6 Å². The third-order valence-corrected chi connectivity index (χ3v) is 4.45. The van der Waals surface area contributed by atoms with Crippen molar-refractivity contribution >= 4 is 16.8 Å². The van der Waals surface area contributed by atoms with Crippen LogP contribution in [0.15, 0.2) is 54.7 Å². The fourth-order valence-electron chi connectivity index (χ4n) is 3.01. The van der Waals surface area contributed by atoms with Gasteiger partial charge in [-0.1, -0.05) is 36.4 Å². The molecule has 0 aliphatic carbocycles. The minimum absolute atomic E-state index is 0.0308. The number of amides is 1. The van der Waals surface area contributed by atoms with Crippen molar-refractivity contribution in [1.82, 2.24) is 15.6 Å². The Balaban J connectivity index is 1.30. The standard InChI is InChI=1S/C21H24FN3O/c22-19-7-3-1-5-16(19)9-12-23-13-11-21(26)24-14-10-17-15-25-20-8-4-2-6-18(17)20/h1-8,15,23,25H,9-14H2,(H,24,26). The van der Waals surface area contributed by atoms with Crippen molar-refractivity contribution in [2.45, 2.75) is 19.3 Å². The third kappa shape index (κ3) is 4.92. The average molecular weight is 353 g/mol. The van der Waals surface area contributed by atoms with Crippen molar-refractivity contribution in [2.24, 2.45) is 0 Å². The fourth-order valence-corrected chi connectivity index (χ4v) is 3.01. The lowest BCUT2D eigenvalue weighted by molar-refractivity contribution is -0.120. The molecule has 0 unspecified atom stereocenters. The topological polar surface area (TPSA) is 56.9 Å². The minimum atomic E-state index is -0.177. The van der Waals surface area contributed by atoms with Crippen LogP contribution in [0.25, 0.3) is 10.9 Å². The van der Waals surface area contributed by atoms with Crippen LogP contribution < -0.4 is 10.6 Å². The van der Waals surface area contributed by atoms with E-state index in [-0.39, 0.29) is 11.7 Å². The molecule has 3 aromatic rings. The zero-order chi connectivity index (χ0) is 18.2. The molecule has 0 aliphatic rings. The summed E-state index contributed by atoms with van der Waals surface area (Å²) in [5, 5.41) is 7.34.